The van der Waals surface area contributed by atoms with Gasteiger partial charge in [-0.3, -0.25) is 9.69 Å². The summed E-state index contributed by atoms with van der Waals surface area (Å²) in [7, 11) is 3.85. The van der Waals surface area contributed by atoms with E-state index in [4.69, 9.17) is 5.11 Å². The first-order chi connectivity index (χ1) is 14.6. The van der Waals surface area contributed by atoms with Crippen LogP contribution >= 0.6 is 0 Å². The Hall–Kier alpha value is -2.41. The fourth-order valence-corrected chi connectivity index (χ4v) is 3.90. The minimum absolute atomic E-state index is 0.154. The molecule has 0 saturated carbocycles. The zero-order chi connectivity index (χ0) is 21.3. The highest BCUT2D eigenvalue weighted by Gasteiger charge is 2.26. The van der Waals surface area contributed by atoms with E-state index < -0.39 is 0 Å². The number of rotatable bonds is 9. The van der Waals surface area contributed by atoms with Crippen LogP contribution in [-0.4, -0.2) is 80.3 Å². The Morgan fingerprint density at radius 1 is 1.03 bits per heavy atom. The van der Waals surface area contributed by atoms with Gasteiger partial charge in [0.2, 0.25) is 5.91 Å². The summed E-state index contributed by atoms with van der Waals surface area (Å²) >= 11 is 0. The van der Waals surface area contributed by atoms with Crippen LogP contribution in [0.15, 0.2) is 54.6 Å². The lowest BCUT2D eigenvalue weighted by atomic mass is 10.0. The van der Waals surface area contributed by atoms with E-state index in [0.717, 1.165) is 38.4 Å². The van der Waals surface area contributed by atoms with Gasteiger partial charge >= 0.3 is 0 Å². The number of aliphatic hydroxyl groups is 1. The first kappa shape index (κ1) is 22.3. The van der Waals surface area contributed by atoms with E-state index in [-0.39, 0.29) is 18.6 Å². The maximum Gasteiger partial charge on any atom is 0.240 e. The van der Waals surface area contributed by atoms with Gasteiger partial charge in [-0.15, -0.1) is 0 Å². The van der Waals surface area contributed by atoms with Gasteiger partial charge in [0.1, 0.15) is 0 Å². The summed E-state index contributed by atoms with van der Waals surface area (Å²) in [6.07, 6.45) is 0.716. The zero-order valence-electron chi connectivity index (χ0n) is 18.1. The van der Waals surface area contributed by atoms with Crippen LogP contribution in [0.25, 0.3) is 0 Å². The lowest BCUT2D eigenvalue weighted by Crippen LogP contribution is -2.54. The molecule has 0 radical (unpaired) electrons. The molecule has 1 fully saturated rings. The normalized spacial score (nSPS) is 15.8. The Kier molecular flexibility index (Phi) is 8.25. The van der Waals surface area contributed by atoms with Crippen LogP contribution in [0.1, 0.15) is 11.1 Å². The predicted molar refractivity (Wildman–Crippen MR) is 122 cm³/mol. The molecule has 6 nitrogen and oxygen atoms in total. The number of nitrogens with one attached hydrogen (secondary N) is 1. The fourth-order valence-electron chi connectivity index (χ4n) is 3.90. The molecule has 30 heavy (non-hydrogen) atoms. The van der Waals surface area contributed by atoms with Gasteiger partial charge in [0.25, 0.3) is 0 Å². The van der Waals surface area contributed by atoms with Crippen molar-refractivity contribution in [2.45, 2.75) is 19.0 Å². The van der Waals surface area contributed by atoms with E-state index in [1.54, 1.807) is 0 Å². The van der Waals surface area contributed by atoms with Crippen molar-refractivity contribution in [3.8, 4) is 0 Å². The summed E-state index contributed by atoms with van der Waals surface area (Å²) in [6.45, 7) is 4.99. The Balaban J connectivity index is 1.48. The molecule has 2 aromatic carbocycles. The molecule has 162 valence electrons. The highest BCUT2D eigenvalue weighted by Crippen LogP contribution is 2.16. The second-order valence-corrected chi connectivity index (χ2v) is 7.94. The van der Waals surface area contributed by atoms with E-state index >= 15 is 0 Å². The molecule has 0 unspecified atom stereocenters. The summed E-state index contributed by atoms with van der Waals surface area (Å²) in [6, 6.07) is 18.5. The topological polar surface area (TPSA) is 59.1 Å². The van der Waals surface area contributed by atoms with E-state index in [1.807, 2.05) is 42.1 Å². The number of aliphatic hydroxyl groups excluding tert-OH is 1. The number of anilines is 1. The molecule has 3 rings (SSSR count). The maximum absolute atomic E-state index is 13.0. The fraction of sp³-hybridized carbons (Fsp3) is 0.458. The quantitative estimate of drug-likeness (QED) is 0.658. The SMILES string of the molecule is CN[C@@H](Cc1ccccc1)C(=O)N1CCN(Cc2ccc(N(C)CCO)cc2)CC1. The van der Waals surface area contributed by atoms with Crippen molar-refractivity contribution in [2.75, 3.05) is 58.3 Å². The molecule has 0 aliphatic carbocycles. The number of hydrogen-bond donors (Lipinski definition) is 2. The number of hydrogen-bond acceptors (Lipinski definition) is 5. The van der Waals surface area contributed by atoms with Gasteiger partial charge in [-0.25, -0.2) is 0 Å². The summed E-state index contributed by atoms with van der Waals surface area (Å²) in [5.74, 6) is 0.192. The van der Waals surface area contributed by atoms with E-state index in [2.05, 4.69) is 46.6 Å². The molecular weight excluding hydrogens is 376 g/mol. The summed E-state index contributed by atoms with van der Waals surface area (Å²) < 4.78 is 0. The monoisotopic (exact) mass is 410 g/mol. The van der Waals surface area contributed by atoms with Gasteiger partial charge < -0.3 is 20.2 Å². The van der Waals surface area contributed by atoms with Crippen LogP contribution in [0.2, 0.25) is 0 Å². The second kappa shape index (κ2) is 11.1. The number of benzene rings is 2. The standard InChI is InChI=1S/C24H34N4O2/c1-25-23(18-20-6-4-3-5-7-20)24(30)28-14-12-27(13-15-28)19-21-8-10-22(11-9-21)26(2)16-17-29/h3-11,23,25,29H,12-19H2,1-2H3/t23-/m0/s1. The summed E-state index contributed by atoms with van der Waals surface area (Å²) in [5, 5.41) is 12.3. The molecule has 1 amide bonds. The Morgan fingerprint density at radius 2 is 1.70 bits per heavy atom. The number of amides is 1. The number of nitrogens with zero attached hydrogens (tertiary/aromatic N) is 3. The first-order valence-corrected chi connectivity index (χ1v) is 10.7. The number of carbonyl (C=O) groups excluding carboxylic acids is 1. The molecule has 1 aliphatic rings. The minimum Gasteiger partial charge on any atom is -0.395 e. The minimum atomic E-state index is -0.178. The lowest BCUT2D eigenvalue weighted by molar-refractivity contribution is -0.135. The van der Waals surface area contributed by atoms with Crippen LogP contribution in [0.5, 0.6) is 0 Å². The molecule has 2 aromatic rings. The molecule has 0 bridgehead atoms. The van der Waals surface area contributed by atoms with Crippen LogP contribution in [0.4, 0.5) is 5.69 Å². The van der Waals surface area contributed by atoms with Gasteiger partial charge in [-0.05, 0) is 36.7 Å². The van der Waals surface area contributed by atoms with Crippen molar-refractivity contribution in [3.05, 3.63) is 65.7 Å². The molecule has 1 aliphatic heterocycles. The largest absolute Gasteiger partial charge is 0.395 e. The highest BCUT2D eigenvalue weighted by atomic mass is 16.3. The highest BCUT2D eigenvalue weighted by molar-refractivity contribution is 5.82. The Labute approximate surface area is 180 Å². The number of likely N-dealkylation sites (N-methyl/N-ethyl adjacent to an activating group) is 2. The molecule has 6 heteroatoms. The molecule has 2 N–H and O–H groups in total. The van der Waals surface area contributed by atoms with Gasteiger partial charge in [-0.1, -0.05) is 42.5 Å². The Bertz CT molecular complexity index is 774. The smallest absolute Gasteiger partial charge is 0.240 e. The van der Waals surface area contributed by atoms with Crippen molar-refractivity contribution in [3.63, 3.8) is 0 Å². The van der Waals surface area contributed by atoms with Crippen LogP contribution in [0, 0.1) is 0 Å². The third-order valence-electron chi connectivity index (χ3n) is 5.83. The van der Waals surface area contributed by atoms with E-state index in [1.165, 1.54) is 11.1 Å². The van der Waals surface area contributed by atoms with Crippen molar-refractivity contribution in [1.29, 1.82) is 0 Å². The number of piperazine rings is 1. The van der Waals surface area contributed by atoms with Crippen molar-refractivity contribution in [1.82, 2.24) is 15.1 Å². The van der Waals surface area contributed by atoms with Crippen molar-refractivity contribution < 1.29 is 9.90 Å². The van der Waals surface area contributed by atoms with Crippen LogP contribution < -0.4 is 10.2 Å². The first-order valence-electron chi connectivity index (χ1n) is 10.7. The van der Waals surface area contributed by atoms with Gasteiger partial charge in [0.05, 0.1) is 12.6 Å². The molecule has 0 aromatic heterocycles. The second-order valence-electron chi connectivity index (χ2n) is 7.94. The molecule has 0 spiro atoms. The van der Waals surface area contributed by atoms with Gasteiger partial charge in [0.15, 0.2) is 0 Å². The lowest BCUT2D eigenvalue weighted by Gasteiger charge is -2.36. The maximum atomic E-state index is 13.0. The third-order valence-corrected chi connectivity index (χ3v) is 5.83. The summed E-state index contributed by atoms with van der Waals surface area (Å²) in [5.41, 5.74) is 3.56. The third kappa shape index (κ3) is 6.05. The van der Waals surface area contributed by atoms with Crippen molar-refractivity contribution >= 4 is 11.6 Å². The Morgan fingerprint density at radius 3 is 2.30 bits per heavy atom. The van der Waals surface area contributed by atoms with E-state index in [0.29, 0.717) is 13.0 Å². The molecular formula is C24H34N4O2. The molecule has 1 atom stereocenters. The van der Waals surface area contributed by atoms with Crippen LogP contribution in [-0.2, 0) is 17.8 Å². The summed E-state index contributed by atoms with van der Waals surface area (Å²) in [4.78, 5) is 19.4. The van der Waals surface area contributed by atoms with Gasteiger partial charge in [0, 0.05) is 52.0 Å². The zero-order valence-corrected chi connectivity index (χ0v) is 18.1. The molecule has 1 heterocycles. The van der Waals surface area contributed by atoms with Crippen LogP contribution in [0.3, 0.4) is 0 Å². The van der Waals surface area contributed by atoms with Gasteiger partial charge in [-0.2, -0.15) is 0 Å². The van der Waals surface area contributed by atoms with Crippen molar-refractivity contribution in [2.24, 2.45) is 0 Å². The molecule has 1 saturated heterocycles. The van der Waals surface area contributed by atoms with E-state index in [9.17, 15) is 4.79 Å². The predicted octanol–water partition coefficient (Wildman–Crippen LogP) is 1.59. The average Bonchev–Trinajstić information content (AvgIpc) is 2.79. The number of carbonyl (C=O) groups is 1. The average molecular weight is 411 g/mol.